The van der Waals surface area contributed by atoms with E-state index >= 15 is 0 Å². The van der Waals surface area contributed by atoms with Crippen molar-refractivity contribution in [2.24, 2.45) is 0 Å². The minimum atomic E-state index is -2.20. The van der Waals surface area contributed by atoms with Crippen molar-refractivity contribution in [3.8, 4) is 23.6 Å². The molecule has 384 valence electrons. The van der Waals surface area contributed by atoms with Crippen LogP contribution < -0.4 is 16.0 Å². The van der Waals surface area contributed by atoms with Gasteiger partial charge in [0, 0.05) is 56.7 Å². The van der Waals surface area contributed by atoms with Gasteiger partial charge >= 0.3 is 0 Å². The summed E-state index contributed by atoms with van der Waals surface area (Å²) >= 11 is 12.8. The minimum Gasteiger partial charge on any atom is -0.418 e. The van der Waals surface area contributed by atoms with Crippen molar-refractivity contribution < 1.29 is 22.9 Å². The maximum Gasteiger partial charge on any atom is 0.251 e. The Kier molecular flexibility index (Phi) is 17.3. The van der Waals surface area contributed by atoms with Crippen LogP contribution in [0.2, 0.25) is 46.3 Å². The van der Waals surface area contributed by atoms with Gasteiger partial charge in [-0.3, -0.25) is 9.59 Å². The van der Waals surface area contributed by atoms with E-state index in [0.717, 1.165) is 38.6 Å². The average molecular weight is 1060 g/mol. The van der Waals surface area contributed by atoms with E-state index in [0.29, 0.717) is 49.8 Å². The highest BCUT2D eigenvalue weighted by Gasteiger charge is 2.42. The molecule has 4 aromatic carbocycles. The van der Waals surface area contributed by atoms with Crippen LogP contribution in [0.1, 0.15) is 99.9 Å². The van der Waals surface area contributed by atoms with Crippen LogP contribution in [-0.4, -0.2) is 73.3 Å². The predicted octanol–water partition coefficient (Wildman–Crippen LogP) is 13.8. The molecule has 3 heterocycles. The number of aromatic amines is 2. The van der Waals surface area contributed by atoms with Gasteiger partial charge in [0.2, 0.25) is 11.8 Å². The van der Waals surface area contributed by atoms with Crippen LogP contribution in [0, 0.1) is 36.5 Å². The quantitative estimate of drug-likeness (QED) is 0.0575. The summed E-state index contributed by atoms with van der Waals surface area (Å²) in [5, 5.41) is 39.7. The number of rotatable bonds is 16. The number of carbonyl (C=O) groups is 2. The predicted molar refractivity (Wildman–Crippen MR) is 298 cm³/mol. The van der Waals surface area contributed by atoms with Gasteiger partial charge in [-0.25, -0.2) is 0 Å². The number of carbonyl (C=O) groups excluding carboxylic acids is 2. The van der Waals surface area contributed by atoms with E-state index in [4.69, 9.17) is 36.5 Å². The zero-order chi connectivity index (χ0) is 53.8. The molecule has 14 nitrogen and oxygen atoms in total. The summed E-state index contributed by atoms with van der Waals surface area (Å²) in [7, 11) is -4.30. The third-order valence-corrected chi connectivity index (χ3v) is 24.4. The number of amides is 1. The molecule has 4 atom stereocenters. The first kappa shape index (κ1) is 56.1. The molecule has 0 spiro atoms. The fourth-order valence-corrected chi connectivity index (χ4v) is 10.9. The molecule has 73 heavy (non-hydrogen) atoms. The zero-order valence-electron chi connectivity index (χ0n) is 44.2. The van der Waals surface area contributed by atoms with Gasteiger partial charge in [0.25, 0.3) is 5.91 Å². The molecular formula is C55H67Cl2N9O5Si2. The normalized spacial score (nSPS) is 13.8. The summed E-state index contributed by atoms with van der Waals surface area (Å²) in [5.41, 5.74) is 6.96. The Balaban J connectivity index is 0.000000238. The summed E-state index contributed by atoms with van der Waals surface area (Å²) in [6.45, 7) is 29.2. The molecule has 0 aliphatic heterocycles. The van der Waals surface area contributed by atoms with Gasteiger partial charge in [0.05, 0.1) is 39.9 Å². The van der Waals surface area contributed by atoms with E-state index in [1.54, 1.807) is 37.3 Å². The standard InChI is InChI=1S/C28H35ClN4O3Si.C27H32ClN5O2Si/c1-17-22(10-9-21(15-30)25(17)29)33-26(18(2)36-37(6,7)28(3,4)5)24(34)16-32-27(35)20-8-11-23-19(14-20)12-13-31-23;1-16-21(10-9-20(15-29)23(16)28)31-24(17(2)35-36(6,7)27(3,4)5)26-33-32-25(34-26)19-8-11-22-18(14-19)12-13-30-22/h8-14,18,26,31,33H,16H2,1-7H3,(H,32,35);8-14,17,24,30-31H,1-7H3/t18-,26+;17-,24+/m00/s1. The third-order valence-electron chi connectivity index (χ3n) is 14.2. The van der Waals surface area contributed by atoms with Crippen molar-refractivity contribution in [2.45, 2.75) is 130 Å². The second-order valence-corrected chi connectivity index (χ2v) is 31.8. The highest BCUT2D eigenvalue weighted by Crippen LogP contribution is 2.41. The van der Waals surface area contributed by atoms with E-state index in [1.165, 1.54) is 0 Å². The van der Waals surface area contributed by atoms with E-state index < -0.39 is 34.8 Å². The number of benzene rings is 4. The first-order chi connectivity index (χ1) is 34.2. The molecule has 0 saturated heterocycles. The number of hydrogen-bond acceptors (Lipinski definition) is 11. The lowest BCUT2D eigenvalue weighted by Gasteiger charge is -2.40. The summed E-state index contributed by atoms with van der Waals surface area (Å²) < 4.78 is 19.5. The van der Waals surface area contributed by atoms with Gasteiger partial charge in [-0.05, 0) is 148 Å². The lowest BCUT2D eigenvalue weighted by molar-refractivity contribution is -0.120. The summed E-state index contributed by atoms with van der Waals surface area (Å²) in [6.07, 6.45) is 2.96. The van der Waals surface area contributed by atoms with E-state index in [1.807, 2.05) is 75.6 Å². The number of nitrogens with one attached hydrogen (secondary N) is 5. The molecule has 1 amide bonds. The molecule has 0 unspecified atom stereocenters. The Labute approximate surface area is 440 Å². The Bertz CT molecular complexity index is 3210. The molecule has 3 aromatic heterocycles. The second kappa shape index (κ2) is 22.5. The molecule has 0 aliphatic carbocycles. The molecule has 0 aliphatic rings. The number of fused-ring (bicyclic) bond motifs is 2. The molecular weight excluding hydrogens is 994 g/mol. The lowest BCUT2D eigenvalue weighted by atomic mass is 10.0. The van der Waals surface area contributed by atoms with E-state index in [2.05, 4.69) is 116 Å². The van der Waals surface area contributed by atoms with Crippen LogP contribution >= 0.6 is 23.2 Å². The first-order valence-corrected chi connectivity index (χ1v) is 30.8. The van der Waals surface area contributed by atoms with Crippen molar-refractivity contribution in [3.05, 3.63) is 129 Å². The minimum absolute atomic E-state index is 0.0332. The van der Waals surface area contributed by atoms with Crippen LogP contribution in [-0.2, 0) is 13.6 Å². The van der Waals surface area contributed by atoms with Gasteiger partial charge in [0.1, 0.15) is 24.2 Å². The molecule has 0 fully saturated rings. The Morgan fingerprint density at radius 3 is 1.75 bits per heavy atom. The smallest absolute Gasteiger partial charge is 0.251 e. The molecule has 0 saturated carbocycles. The molecule has 5 N–H and O–H groups in total. The summed E-state index contributed by atoms with van der Waals surface area (Å²) in [6, 6.07) is 25.2. The maximum atomic E-state index is 13.5. The van der Waals surface area contributed by atoms with Crippen molar-refractivity contribution in [1.82, 2.24) is 25.5 Å². The van der Waals surface area contributed by atoms with Gasteiger partial charge in [0.15, 0.2) is 22.4 Å². The van der Waals surface area contributed by atoms with Crippen molar-refractivity contribution in [1.29, 1.82) is 10.5 Å². The largest absolute Gasteiger partial charge is 0.418 e. The number of hydrogen-bond donors (Lipinski definition) is 5. The molecule has 0 radical (unpaired) electrons. The summed E-state index contributed by atoms with van der Waals surface area (Å²) in [4.78, 5) is 32.6. The van der Waals surface area contributed by atoms with Crippen molar-refractivity contribution >= 4 is 84.7 Å². The van der Waals surface area contributed by atoms with Crippen LogP contribution in [0.5, 0.6) is 0 Å². The van der Waals surface area contributed by atoms with Gasteiger partial charge < -0.3 is 39.2 Å². The Hall–Kier alpha value is -6.25. The monoisotopic (exact) mass is 1060 g/mol. The number of ketones is 1. The fourth-order valence-electron chi connectivity index (χ4n) is 7.69. The van der Waals surface area contributed by atoms with Crippen LogP contribution in [0.3, 0.4) is 0 Å². The topological polar surface area (TPSA) is 207 Å². The van der Waals surface area contributed by atoms with Crippen LogP contribution in [0.25, 0.3) is 33.3 Å². The molecule has 7 aromatic rings. The highest BCUT2D eigenvalue weighted by atomic mass is 35.5. The number of nitriles is 2. The van der Waals surface area contributed by atoms with Crippen LogP contribution in [0.4, 0.5) is 11.4 Å². The number of nitrogens with zero attached hydrogens (tertiary/aromatic N) is 4. The third kappa shape index (κ3) is 12.9. The average Bonchev–Trinajstić information content (AvgIpc) is 4.12. The number of aromatic nitrogens is 4. The summed E-state index contributed by atoms with van der Waals surface area (Å²) in [5.74, 6) is 0.312. The fraction of sp³-hybridized carbons (Fsp3) is 0.382. The number of halogens is 2. The van der Waals surface area contributed by atoms with Crippen LogP contribution in [0.15, 0.2) is 89.6 Å². The highest BCUT2D eigenvalue weighted by molar-refractivity contribution is 6.74. The van der Waals surface area contributed by atoms with Gasteiger partial charge in [-0.15, -0.1) is 10.2 Å². The SMILES string of the molecule is Cc1c(N[C@@H](C(=O)CNC(=O)c2ccc3[nH]ccc3c2)[C@H](C)O[Si](C)(C)C(C)(C)C)ccc(C#N)c1Cl.Cc1c(N[C@@H](c2nnc(-c3ccc4[nH]ccc4c3)o2)[C@H](C)O[Si](C)(C)C(C)(C)C)ccc(C#N)c1Cl. The molecule has 7 rings (SSSR count). The zero-order valence-corrected chi connectivity index (χ0v) is 47.7. The second-order valence-electron chi connectivity index (χ2n) is 21.5. The maximum absolute atomic E-state index is 13.5. The Morgan fingerprint density at radius 1 is 0.712 bits per heavy atom. The van der Waals surface area contributed by atoms with E-state index in [9.17, 15) is 20.1 Å². The van der Waals surface area contributed by atoms with E-state index in [-0.39, 0.29) is 34.4 Å². The lowest BCUT2D eigenvalue weighted by Crippen LogP contribution is -2.51. The first-order valence-electron chi connectivity index (χ1n) is 24.2. The van der Waals surface area contributed by atoms with Crippen molar-refractivity contribution in [3.63, 3.8) is 0 Å². The van der Waals surface area contributed by atoms with Gasteiger partial charge in [-0.2, -0.15) is 10.5 Å². The number of anilines is 2. The van der Waals surface area contributed by atoms with Gasteiger partial charge in [-0.1, -0.05) is 64.7 Å². The van der Waals surface area contributed by atoms with Crippen molar-refractivity contribution in [2.75, 3.05) is 17.2 Å². The number of Topliss-reactive ketones (excluding diaryl/α,β-unsaturated/α-hetero) is 1. The molecule has 18 heteroatoms. The number of H-pyrrole nitrogens is 2. The Morgan fingerprint density at radius 2 is 1.22 bits per heavy atom. The molecule has 0 bridgehead atoms.